The molecule has 1 N–H and O–H groups in total. The van der Waals surface area contributed by atoms with Gasteiger partial charge in [0.15, 0.2) is 0 Å². The van der Waals surface area contributed by atoms with Crippen molar-refractivity contribution in [2.45, 2.75) is 6.10 Å². The fraction of sp³-hybridized carbons (Fsp3) is 0.100. The van der Waals surface area contributed by atoms with E-state index in [0.717, 1.165) is 0 Å². The number of aliphatic hydroxyl groups excluding tert-OH is 1. The summed E-state index contributed by atoms with van der Waals surface area (Å²) in [6.45, 7) is 0. The molecular formula is C10H6BrClFNOS. The number of aliphatic hydroxyl groups is 1. The molecule has 0 bridgehead atoms. The highest BCUT2D eigenvalue weighted by Crippen LogP contribution is 2.31. The number of rotatable bonds is 2. The van der Waals surface area contributed by atoms with Crippen molar-refractivity contribution in [2.24, 2.45) is 0 Å². The molecule has 0 radical (unpaired) electrons. The summed E-state index contributed by atoms with van der Waals surface area (Å²) in [5.41, 5.74) is 0.449. The molecular weight excluding hydrogens is 317 g/mol. The number of benzene rings is 1. The molecule has 0 aliphatic heterocycles. The second-order valence-electron chi connectivity index (χ2n) is 3.08. The highest BCUT2D eigenvalue weighted by molar-refractivity contribution is 9.10. The predicted octanol–water partition coefficient (Wildman–Crippen LogP) is 3.78. The third-order valence-corrected chi connectivity index (χ3v) is 3.92. The number of nitrogens with zero attached hydrogens (tertiary/aromatic N) is 1. The van der Waals surface area contributed by atoms with E-state index in [1.807, 2.05) is 0 Å². The number of halogens is 3. The molecule has 16 heavy (non-hydrogen) atoms. The fourth-order valence-electron chi connectivity index (χ4n) is 1.25. The van der Waals surface area contributed by atoms with Crippen molar-refractivity contribution >= 4 is 38.9 Å². The first-order chi connectivity index (χ1) is 7.58. The molecule has 6 heteroatoms. The molecule has 84 valence electrons. The second-order valence-corrected chi connectivity index (χ2v) is 5.19. The van der Waals surface area contributed by atoms with Crippen molar-refractivity contribution in [1.82, 2.24) is 4.98 Å². The third kappa shape index (κ3) is 2.43. The van der Waals surface area contributed by atoms with Gasteiger partial charge in [0.05, 0.1) is 0 Å². The van der Waals surface area contributed by atoms with Crippen molar-refractivity contribution in [2.75, 3.05) is 0 Å². The second kappa shape index (κ2) is 4.79. The van der Waals surface area contributed by atoms with Crippen molar-refractivity contribution < 1.29 is 9.50 Å². The van der Waals surface area contributed by atoms with Crippen LogP contribution in [0.25, 0.3) is 0 Å². The van der Waals surface area contributed by atoms with E-state index < -0.39 is 11.9 Å². The average molecular weight is 323 g/mol. The van der Waals surface area contributed by atoms with Crippen LogP contribution in [0.1, 0.15) is 16.7 Å². The normalized spacial score (nSPS) is 12.8. The molecule has 1 aromatic heterocycles. The van der Waals surface area contributed by atoms with E-state index in [4.69, 9.17) is 11.6 Å². The van der Waals surface area contributed by atoms with E-state index >= 15 is 0 Å². The summed E-state index contributed by atoms with van der Waals surface area (Å²) in [5.74, 6) is -0.429. The summed E-state index contributed by atoms with van der Waals surface area (Å²) in [4.78, 5) is 4.08. The lowest BCUT2D eigenvalue weighted by Gasteiger charge is -2.09. The van der Waals surface area contributed by atoms with Crippen molar-refractivity contribution in [3.8, 4) is 0 Å². The molecule has 0 fully saturated rings. The van der Waals surface area contributed by atoms with Crippen LogP contribution in [0.4, 0.5) is 4.39 Å². The van der Waals surface area contributed by atoms with Crippen LogP contribution in [0.5, 0.6) is 0 Å². The van der Waals surface area contributed by atoms with Crippen LogP contribution >= 0.6 is 38.9 Å². The maximum atomic E-state index is 12.8. The quantitative estimate of drug-likeness (QED) is 0.913. The molecule has 1 heterocycles. The van der Waals surface area contributed by atoms with E-state index in [2.05, 4.69) is 20.9 Å². The maximum absolute atomic E-state index is 12.8. The number of thiazole rings is 1. The molecule has 0 saturated carbocycles. The molecule has 2 rings (SSSR count). The molecule has 0 spiro atoms. The maximum Gasteiger partial charge on any atom is 0.132 e. The van der Waals surface area contributed by atoms with E-state index in [0.29, 0.717) is 15.2 Å². The Morgan fingerprint density at radius 3 is 2.81 bits per heavy atom. The zero-order chi connectivity index (χ0) is 11.7. The first kappa shape index (κ1) is 12.0. The van der Waals surface area contributed by atoms with Gasteiger partial charge in [-0.05, 0) is 28.1 Å². The van der Waals surface area contributed by atoms with Gasteiger partial charge in [0.2, 0.25) is 0 Å². The zero-order valence-corrected chi connectivity index (χ0v) is 11.0. The zero-order valence-electron chi connectivity index (χ0n) is 7.82. The molecule has 2 nitrogen and oxygen atoms in total. The first-order valence-corrected chi connectivity index (χ1v) is 6.37. The Hall–Kier alpha value is -0.490. The molecule has 2 aromatic rings. The van der Waals surface area contributed by atoms with Crippen LogP contribution in [0.2, 0.25) is 5.02 Å². The standard InChI is InChI=1S/C10H6BrClFNOS/c11-8-4-16-10(14-8)9(15)6-2-1-5(13)3-7(6)12/h1-4,9,15H. The van der Waals surface area contributed by atoms with Crippen LogP contribution in [-0.4, -0.2) is 10.1 Å². The molecule has 0 aliphatic carbocycles. The Morgan fingerprint density at radius 2 is 2.25 bits per heavy atom. The fourth-order valence-corrected chi connectivity index (χ4v) is 2.79. The first-order valence-electron chi connectivity index (χ1n) is 4.32. The third-order valence-electron chi connectivity index (χ3n) is 1.98. The molecule has 0 aliphatic rings. The van der Waals surface area contributed by atoms with Crippen LogP contribution in [0.15, 0.2) is 28.2 Å². The van der Waals surface area contributed by atoms with Crippen molar-refractivity contribution in [3.63, 3.8) is 0 Å². The number of hydrogen-bond donors (Lipinski definition) is 1. The minimum absolute atomic E-state index is 0.193. The van der Waals surface area contributed by atoms with Gasteiger partial charge in [0.1, 0.15) is 21.5 Å². The van der Waals surface area contributed by atoms with E-state index in [9.17, 15) is 9.50 Å². The average Bonchev–Trinajstić information content (AvgIpc) is 2.64. The Kier molecular flexibility index (Phi) is 3.59. The van der Waals surface area contributed by atoms with Gasteiger partial charge in [0, 0.05) is 16.0 Å². The monoisotopic (exact) mass is 321 g/mol. The van der Waals surface area contributed by atoms with Gasteiger partial charge < -0.3 is 5.11 Å². The van der Waals surface area contributed by atoms with Gasteiger partial charge in [-0.2, -0.15) is 0 Å². The van der Waals surface area contributed by atoms with Gasteiger partial charge in [-0.15, -0.1) is 11.3 Å². The Morgan fingerprint density at radius 1 is 1.50 bits per heavy atom. The smallest absolute Gasteiger partial charge is 0.132 e. The SMILES string of the molecule is OC(c1nc(Br)cs1)c1ccc(F)cc1Cl. The highest BCUT2D eigenvalue weighted by Gasteiger charge is 2.17. The summed E-state index contributed by atoms with van der Waals surface area (Å²) in [7, 11) is 0. The van der Waals surface area contributed by atoms with Crippen molar-refractivity contribution in [3.05, 3.63) is 49.6 Å². The van der Waals surface area contributed by atoms with E-state index in [1.54, 1.807) is 5.38 Å². The minimum atomic E-state index is -0.926. The molecule has 1 atom stereocenters. The minimum Gasteiger partial charge on any atom is -0.381 e. The number of hydrogen-bond acceptors (Lipinski definition) is 3. The molecule has 1 unspecified atom stereocenters. The lowest BCUT2D eigenvalue weighted by atomic mass is 10.1. The van der Waals surface area contributed by atoms with Crippen LogP contribution in [0, 0.1) is 5.82 Å². The largest absolute Gasteiger partial charge is 0.381 e. The van der Waals surface area contributed by atoms with Gasteiger partial charge in [0.25, 0.3) is 0 Å². The predicted molar refractivity (Wildman–Crippen MR) is 65.3 cm³/mol. The van der Waals surface area contributed by atoms with Crippen molar-refractivity contribution in [1.29, 1.82) is 0 Å². The Bertz CT molecular complexity index is 519. The summed E-state index contributed by atoms with van der Waals surface area (Å²) >= 11 is 10.3. The van der Waals surface area contributed by atoms with Gasteiger partial charge >= 0.3 is 0 Å². The Labute approximate surface area is 109 Å². The van der Waals surface area contributed by atoms with E-state index in [-0.39, 0.29) is 5.02 Å². The van der Waals surface area contributed by atoms with Crippen LogP contribution in [-0.2, 0) is 0 Å². The van der Waals surface area contributed by atoms with Crippen LogP contribution in [0.3, 0.4) is 0 Å². The number of aromatic nitrogens is 1. The molecule has 0 saturated heterocycles. The highest BCUT2D eigenvalue weighted by atomic mass is 79.9. The van der Waals surface area contributed by atoms with Crippen LogP contribution < -0.4 is 0 Å². The molecule has 1 aromatic carbocycles. The van der Waals surface area contributed by atoms with E-state index in [1.165, 1.54) is 29.5 Å². The topological polar surface area (TPSA) is 33.1 Å². The summed E-state index contributed by atoms with van der Waals surface area (Å²) in [6.07, 6.45) is -0.926. The van der Waals surface area contributed by atoms with Gasteiger partial charge in [-0.1, -0.05) is 17.7 Å². The summed E-state index contributed by atoms with van der Waals surface area (Å²) in [5, 5.41) is 12.5. The summed E-state index contributed by atoms with van der Waals surface area (Å²) < 4.78 is 13.5. The lowest BCUT2D eigenvalue weighted by molar-refractivity contribution is 0.219. The molecule has 0 amide bonds. The summed E-state index contributed by atoms with van der Waals surface area (Å²) in [6, 6.07) is 3.88. The Balaban J connectivity index is 2.37. The lowest BCUT2D eigenvalue weighted by Crippen LogP contribution is -2.00. The van der Waals surface area contributed by atoms with Gasteiger partial charge in [-0.25, -0.2) is 9.37 Å². The van der Waals surface area contributed by atoms with Gasteiger partial charge in [-0.3, -0.25) is 0 Å².